The van der Waals surface area contributed by atoms with Crippen LogP contribution in [0.4, 0.5) is 0 Å². The van der Waals surface area contributed by atoms with Gasteiger partial charge >= 0.3 is 0 Å². The van der Waals surface area contributed by atoms with Crippen LogP contribution in [0.1, 0.15) is 56.4 Å². The van der Waals surface area contributed by atoms with Crippen LogP contribution in [0.5, 0.6) is 5.75 Å². The van der Waals surface area contributed by atoms with Crippen molar-refractivity contribution in [3.05, 3.63) is 29.8 Å². The summed E-state index contributed by atoms with van der Waals surface area (Å²) in [5.74, 6) is 1.18. The lowest BCUT2D eigenvalue weighted by atomic mass is 9.82. The van der Waals surface area contributed by atoms with E-state index in [1.807, 2.05) is 23.1 Å². The number of para-hydroxylation sites is 1. The summed E-state index contributed by atoms with van der Waals surface area (Å²) in [5.41, 5.74) is 1.21. The van der Waals surface area contributed by atoms with Gasteiger partial charge in [-0.15, -0.1) is 0 Å². The van der Waals surface area contributed by atoms with Gasteiger partial charge in [-0.25, -0.2) is 0 Å². The molecule has 1 aromatic carbocycles. The van der Waals surface area contributed by atoms with Crippen molar-refractivity contribution in [1.29, 1.82) is 0 Å². The van der Waals surface area contributed by atoms with Crippen molar-refractivity contribution in [3.8, 4) is 5.75 Å². The van der Waals surface area contributed by atoms with Crippen molar-refractivity contribution < 1.29 is 23.8 Å². The fraction of sp³-hybridized carbons (Fsp3) is 0.680. The third-order valence-electron chi connectivity index (χ3n) is 7.61. The van der Waals surface area contributed by atoms with E-state index in [1.165, 1.54) is 5.56 Å². The Kier molecular flexibility index (Phi) is 6.64. The number of benzene rings is 1. The molecule has 0 radical (unpaired) electrons. The zero-order valence-corrected chi connectivity index (χ0v) is 18.7. The minimum Gasteiger partial charge on any atom is -0.483 e. The normalized spacial score (nSPS) is 33.2. The highest BCUT2D eigenvalue weighted by atomic mass is 16.5. The first-order valence-corrected chi connectivity index (χ1v) is 12.2. The molecular formula is C25H34N2O5. The molecule has 2 saturated heterocycles. The van der Waals surface area contributed by atoms with Crippen LogP contribution in [0.2, 0.25) is 0 Å². The van der Waals surface area contributed by atoms with E-state index in [2.05, 4.69) is 11.4 Å². The van der Waals surface area contributed by atoms with E-state index >= 15 is 0 Å². The summed E-state index contributed by atoms with van der Waals surface area (Å²) in [6.45, 7) is 2.27. The quantitative estimate of drug-likeness (QED) is 0.762. The molecule has 174 valence electrons. The van der Waals surface area contributed by atoms with Gasteiger partial charge in [-0.2, -0.15) is 0 Å². The highest BCUT2D eigenvalue weighted by Gasteiger charge is 2.38. The van der Waals surface area contributed by atoms with E-state index in [4.69, 9.17) is 14.2 Å². The highest BCUT2D eigenvalue weighted by Crippen LogP contribution is 2.38. The maximum Gasteiger partial charge on any atom is 0.260 e. The standard InChI is InChI=1S/C25H34N2O5/c28-24-16-32-23-6-2-1-4-20(23)17-7-9-19(10-8-17)31-15-22-21(5-3-12-27(22)24)26-25(29)18-11-13-30-14-18/h1-2,4,6,17-19,21-22H,3,5,7-16H2,(H,26,29)/t17?,18?,19?,21-,22-/m0/s1. The van der Waals surface area contributed by atoms with E-state index < -0.39 is 0 Å². The number of amides is 2. The lowest BCUT2D eigenvalue weighted by Gasteiger charge is -2.42. The number of nitrogens with zero attached hydrogens (tertiary/aromatic N) is 1. The summed E-state index contributed by atoms with van der Waals surface area (Å²) >= 11 is 0. The zero-order chi connectivity index (χ0) is 21.9. The second kappa shape index (κ2) is 9.79. The zero-order valence-electron chi connectivity index (χ0n) is 18.7. The van der Waals surface area contributed by atoms with Gasteiger partial charge in [-0.05, 0) is 62.5 Å². The summed E-state index contributed by atoms with van der Waals surface area (Å²) in [4.78, 5) is 27.9. The highest BCUT2D eigenvalue weighted by molar-refractivity contribution is 5.80. The Morgan fingerprint density at radius 1 is 1.03 bits per heavy atom. The van der Waals surface area contributed by atoms with E-state index in [-0.39, 0.29) is 42.5 Å². The van der Waals surface area contributed by atoms with Gasteiger partial charge in [-0.3, -0.25) is 9.59 Å². The first kappa shape index (κ1) is 21.7. The first-order valence-electron chi connectivity index (χ1n) is 12.2. The molecule has 3 fully saturated rings. The topological polar surface area (TPSA) is 77.1 Å². The Hall–Kier alpha value is -2.12. The maximum atomic E-state index is 13.2. The van der Waals surface area contributed by atoms with Gasteiger partial charge in [0.2, 0.25) is 5.91 Å². The van der Waals surface area contributed by atoms with Gasteiger partial charge in [0.05, 0.1) is 37.3 Å². The van der Waals surface area contributed by atoms with Gasteiger partial charge in [0.25, 0.3) is 5.91 Å². The lowest BCUT2D eigenvalue weighted by Crippen LogP contribution is -2.60. The summed E-state index contributed by atoms with van der Waals surface area (Å²) in [7, 11) is 0. The van der Waals surface area contributed by atoms with Crippen molar-refractivity contribution >= 4 is 11.8 Å². The lowest BCUT2D eigenvalue weighted by molar-refractivity contribution is -0.142. The number of hydrogen-bond donors (Lipinski definition) is 1. The van der Waals surface area contributed by atoms with Crippen LogP contribution in [0.15, 0.2) is 24.3 Å². The SMILES string of the molecule is O=C(N[C@H]1CCCN2C(=O)COc3ccccc3C3CCC(CC3)OC[C@@H]12)C1CCOC1. The molecule has 4 heterocycles. The average Bonchev–Trinajstić information content (AvgIpc) is 3.37. The van der Waals surface area contributed by atoms with Crippen LogP contribution in [-0.4, -0.2) is 67.9 Å². The molecule has 1 aliphatic carbocycles. The minimum atomic E-state index is -0.167. The van der Waals surface area contributed by atoms with Crippen molar-refractivity contribution in [3.63, 3.8) is 0 Å². The summed E-state index contributed by atoms with van der Waals surface area (Å²) < 4.78 is 17.8. The van der Waals surface area contributed by atoms with E-state index in [0.717, 1.165) is 50.7 Å². The molecule has 1 aromatic rings. The molecule has 2 bridgehead atoms. The van der Waals surface area contributed by atoms with Crippen LogP contribution >= 0.6 is 0 Å². The van der Waals surface area contributed by atoms with E-state index in [9.17, 15) is 9.59 Å². The van der Waals surface area contributed by atoms with Crippen molar-refractivity contribution in [2.75, 3.05) is 33.0 Å². The van der Waals surface area contributed by atoms with E-state index in [0.29, 0.717) is 32.3 Å². The Labute approximate surface area is 189 Å². The molecule has 0 aromatic heterocycles. The third-order valence-corrected chi connectivity index (χ3v) is 7.61. The number of rotatable bonds is 2. The van der Waals surface area contributed by atoms with Crippen LogP contribution in [0.25, 0.3) is 0 Å². The maximum absolute atomic E-state index is 13.2. The number of piperidine rings is 1. The molecule has 0 spiro atoms. The summed E-state index contributed by atoms with van der Waals surface area (Å²) in [5, 5.41) is 3.23. The predicted molar refractivity (Wildman–Crippen MR) is 118 cm³/mol. The molecule has 2 amide bonds. The minimum absolute atomic E-state index is 0.0147. The van der Waals surface area contributed by atoms with Gasteiger partial charge in [0.1, 0.15) is 5.75 Å². The first-order chi connectivity index (χ1) is 15.7. The van der Waals surface area contributed by atoms with Gasteiger partial charge < -0.3 is 24.4 Å². The third kappa shape index (κ3) is 4.64. The molecule has 32 heavy (non-hydrogen) atoms. The number of hydrogen-bond acceptors (Lipinski definition) is 5. The summed E-state index contributed by atoms with van der Waals surface area (Å²) in [6.07, 6.45) is 6.83. The number of nitrogens with one attached hydrogen (secondary N) is 1. The second-order valence-corrected chi connectivity index (χ2v) is 9.61. The molecule has 7 heteroatoms. The number of carbonyl (C=O) groups excluding carboxylic acids is 2. The largest absolute Gasteiger partial charge is 0.483 e. The Morgan fingerprint density at radius 2 is 1.88 bits per heavy atom. The molecule has 1 unspecified atom stereocenters. The molecule has 1 N–H and O–H groups in total. The second-order valence-electron chi connectivity index (χ2n) is 9.61. The van der Waals surface area contributed by atoms with Crippen molar-refractivity contribution in [2.45, 2.75) is 69.1 Å². The van der Waals surface area contributed by atoms with Crippen molar-refractivity contribution in [1.82, 2.24) is 10.2 Å². The van der Waals surface area contributed by atoms with Crippen molar-refractivity contribution in [2.24, 2.45) is 5.92 Å². The number of carbonyl (C=O) groups is 2. The Balaban J connectivity index is 1.36. The molecule has 3 atom stereocenters. The predicted octanol–water partition coefficient (Wildman–Crippen LogP) is 2.63. The van der Waals surface area contributed by atoms with Gasteiger partial charge in [0, 0.05) is 13.2 Å². The van der Waals surface area contributed by atoms with Crippen LogP contribution in [0.3, 0.4) is 0 Å². The molecule has 1 saturated carbocycles. The fourth-order valence-electron chi connectivity index (χ4n) is 5.73. The van der Waals surface area contributed by atoms with Gasteiger partial charge in [0.15, 0.2) is 6.61 Å². The molecule has 7 nitrogen and oxygen atoms in total. The van der Waals surface area contributed by atoms with Crippen LogP contribution in [-0.2, 0) is 19.1 Å². The molecule has 5 aliphatic rings. The Morgan fingerprint density at radius 3 is 2.69 bits per heavy atom. The number of fused-ring (bicyclic) bond motifs is 5. The fourth-order valence-corrected chi connectivity index (χ4v) is 5.73. The number of ether oxygens (including phenoxy) is 3. The Bertz CT molecular complexity index is 816. The smallest absolute Gasteiger partial charge is 0.260 e. The molecular weight excluding hydrogens is 408 g/mol. The van der Waals surface area contributed by atoms with E-state index in [1.54, 1.807) is 0 Å². The van der Waals surface area contributed by atoms with Crippen LogP contribution < -0.4 is 10.1 Å². The summed E-state index contributed by atoms with van der Waals surface area (Å²) in [6, 6.07) is 7.86. The molecule has 4 aliphatic heterocycles. The average molecular weight is 443 g/mol. The molecule has 6 rings (SSSR count). The van der Waals surface area contributed by atoms with Crippen LogP contribution in [0, 0.1) is 5.92 Å². The monoisotopic (exact) mass is 442 g/mol. The van der Waals surface area contributed by atoms with Gasteiger partial charge in [-0.1, -0.05) is 18.2 Å².